The standard InChI is InChI=1S/C9H13BrN2O2/c1-5(2)4-6-7(10)11-8(9(13)14)12(6)3/h5H,4H2,1-3H3,(H,13,14). The van der Waals surface area contributed by atoms with Crippen LogP contribution < -0.4 is 0 Å². The molecule has 0 amide bonds. The topological polar surface area (TPSA) is 55.1 Å². The van der Waals surface area contributed by atoms with Gasteiger partial charge in [-0.2, -0.15) is 0 Å². The highest BCUT2D eigenvalue weighted by atomic mass is 79.9. The smallest absolute Gasteiger partial charge is 0.372 e. The number of aromatic carboxylic acids is 1. The van der Waals surface area contributed by atoms with Gasteiger partial charge in [0.2, 0.25) is 5.82 Å². The zero-order chi connectivity index (χ0) is 10.9. The Labute approximate surface area is 91.1 Å². The fourth-order valence-electron chi connectivity index (χ4n) is 1.30. The minimum Gasteiger partial charge on any atom is -0.475 e. The Morgan fingerprint density at radius 3 is 2.57 bits per heavy atom. The van der Waals surface area contributed by atoms with Gasteiger partial charge in [-0.3, -0.25) is 0 Å². The lowest BCUT2D eigenvalue weighted by atomic mass is 10.1. The lowest BCUT2D eigenvalue weighted by molar-refractivity contribution is 0.0679. The molecule has 14 heavy (non-hydrogen) atoms. The van der Waals surface area contributed by atoms with Gasteiger partial charge in [0, 0.05) is 7.05 Å². The summed E-state index contributed by atoms with van der Waals surface area (Å²) in [7, 11) is 1.72. The number of hydrogen-bond donors (Lipinski definition) is 1. The minimum absolute atomic E-state index is 0.0764. The van der Waals surface area contributed by atoms with Gasteiger partial charge in [0.05, 0.1) is 5.69 Å². The molecule has 0 bridgehead atoms. The summed E-state index contributed by atoms with van der Waals surface area (Å²) in [5.41, 5.74) is 0.928. The molecular weight excluding hydrogens is 248 g/mol. The largest absolute Gasteiger partial charge is 0.475 e. The van der Waals surface area contributed by atoms with Crippen LogP contribution in [-0.4, -0.2) is 20.6 Å². The molecule has 0 atom stereocenters. The van der Waals surface area contributed by atoms with E-state index in [4.69, 9.17) is 5.11 Å². The Morgan fingerprint density at radius 1 is 1.64 bits per heavy atom. The summed E-state index contributed by atoms with van der Waals surface area (Å²) in [5.74, 6) is -0.445. The van der Waals surface area contributed by atoms with Crippen LogP contribution in [0.2, 0.25) is 0 Å². The van der Waals surface area contributed by atoms with E-state index in [9.17, 15) is 4.79 Å². The molecule has 5 heteroatoms. The summed E-state index contributed by atoms with van der Waals surface area (Å²) in [6, 6.07) is 0. The first-order chi connectivity index (χ1) is 6.43. The molecule has 78 valence electrons. The van der Waals surface area contributed by atoms with Crippen LogP contribution in [-0.2, 0) is 13.5 Å². The van der Waals surface area contributed by atoms with E-state index in [-0.39, 0.29) is 5.82 Å². The van der Waals surface area contributed by atoms with Crippen molar-refractivity contribution < 1.29 is 9.90 Å². The molecule has 1 aromatic heterocycles. The second-order valence-corrected chi connectivity index (χ2v) is 4.39. The summed E-state index contributed by atoms with van der Waals surface area (Å²) in [6.45, 7) is 4.17. The molecule has 0 aliphatic heterocycles. The van der Waals surface area contributed by atoms with E-state index in [1.54, 1.807) is 11.6 Å². The second kappa shape index (κ2) is 4.13. The van der Waals surface area contributed by atoms with Gasteiger partial charge in [-0.25, -0.2) is 9.78 Å². The van der Waals surface area contributed by atoms with Gasteiger partial charge in [-0.05, 0) is 28.3 Å². The van der Waals surface area contributed by atoms with Gasteiger partial charge in [0.25, 0.3) is 0 Å². The third-order valence-corrected chi connectivity index (χ3v) is 2.59. The van der Waals surface area contributed by atoms with Gasteiger partial charge in [0.1, 0.15) is 4.60 Å². The molecule has 0 saturated carbocycles. The fourth-order valence-corrected chi connectivity index (χ4v) is 1.89. The van der Waals surface area contributed by atoms with Crippen LogP contribution in [0, 0.1) is 5.92 Å². The molecule has 0 aromatic carbocycles. The Morgan fingerprint density at radius 2 is 2.21 bits per heavy atom. The van der Waals surface area contributed by atoms with Gasteiger partial charge < -0.3 is 9.67 Å². The molecular formula is C9H13BrN2O2. The highest BCUT2D eigenvalue weighted by Crippen LogP contribution is 2.20. The second-order valence-electron chi connectivity index (χ2n) is 3.64. The molecule has 0 spiro atoms. The number of carbonyl (C=O) groups is 1. The number of hydrogen-bond acceptors (Lipinski definition) is 2. The summed E-state index contributed by atoms with van der Waals surface area (Å²) >= 11 is 3.27. The van der Waals surface area contributed by atoms with E-state index in [0.29, 0.717) is 10.5 Å². The quantitative estimate of drug-likeness (QED) is 0.906. The normalized spacial score (nSPS) is 10.9. The molecule has 0 radical (unpaired) electrons. The summed E-state index contributed by atoms with van der Waals surface area (Å²) in [4.78, 5) is 14.7. The third-order valence-electron chi connectivity index (χ3n) is 1.96. The Bertz CT molecular complexity index is 358. The van der Waals surface area contributed by atoms with Crippen molar-refractivity contribution in [2.24, 2.45) is 13.0 Å². The van der Waals surface area contributed by atoms with Gasteiger partial charge in [-0.15, -0.1) is 0 Å². The Hall–Kier alpha value is -0.840. The van der Waals surface area contributed by atoms with E-state index in [1.807, 2.05) is 0 Å². The van der Waals surface area contributed by atoms with E-state index >= 15 is 0 Å². The van der Waals surface area contributed by atoms with E-state index < -0.39 is 5.97 Å². The lowest BCUT2D eigenvalue weighted by Gasteiger charge is -2.06. The van der Waals surface area contributed by atoms with Crippen molar-refractivity contribution in [1.82, 2.24) is 9.55 Å². The van der Waals surface area contributed by atoms with Gasteiger partial charge in [0.15, 0.2) is 0 Å². The third kappa shape index (κ3) is 2.15. The molecule has 0 saturated heterocycles. The molecule has 0 aliphatic rings. The number of imidazole rings is 1. The number of carboxylic acid groups (broad SMARTS) is 1. The van der Waals surface area contributed by atoms with E-state index in [0.717, 1.165) is 12.1 Å². The molecule has 1 aromatic rings. The van der Waals surface area contributed by atoms with Crippen LogP contribution in [0.25, 0.3) is 0 Å². The van der Waals surface area contributed by atoms with Crippen molar-refractivity contribution in [1.29, 1.82) is 0 Å². The molecule has 4 nitrogen and oxygen atoms in total. The highest BCUT2D eigenvalue weighted by Gasteiger charge is 2.17. The molecule has 0 unspecified atom stereocenters. The average molecular weight is 261 g/mol. The summed E-state index contributed by atoms with van der Waals surface area (Å²) < 4.78 is 2.25. The number of nitrogens with zero attached hydrogens (tertiary/aromatic N) is 2. The van der Waals surface area contributed by atoms with E-state index in [1.165, 1.54) is 0 Å². The number of aromatic nitrogens is 2. The zero-order valence-corrected chi connectivity index (χ0v) is 10.00. The molecule has 0 aliphatic carbocycles. The first kappa shape index (κ1) is 11.2. The summed E-state index contributed by atoms with van der Waals surface area (Å²) in [6.07, 6.45) is 0.817. The SMILES string of the molecule is CC(C)Cc1c(Br)nc(C(=O)O)n1C. The van der Waals surface area contributed by atoms with Gasteiger partial charge in [-0.1, -0.05) is 13.8 Å². The zero-order valence-electron chi connectivity index (χ0n) is 8.41. The molecule has 1 rings (SSSR count). The van der Waals surface area contributed by atoms with Crippen LogP contribution in [0.15, 0.2) is 4.60 Å². The van der Waals surface area contributed by atoms with Crippen molar-refractivity contribution in [2.45, 2.75) is 20.3 Å². The highest BCUT2D eigenvalue weighted by molar-refractivity contribution is 9.10. The van der Waals surface area contributed by atoms with Gasteiger partial charge >= 0.3 is 5.97 Å². The van der Waals surface area contributed by atoms with Crippen molar-refractivity contribution in [2.75, 3.05) is 0 Å². The maximum atomic E-state index is 10.8. The maximum absolute atomic E-state index is 10.8. The van der Waals surface area contributed by atoms with Crippen LogP contribution >= 0.6 is 15.9 Å². The van der Waals surface area contributed by atoms with Crippen molar-refractivity contribution in [3.8, 4) is 0 Å². The van der Waals surface area contributed by atoms with Crippen molar-refractivity contribution in [3.05, 3.63) is 16.1 Å². The van der Waals surface area contributed by atoms with Crippen LogP contribution in [0.4, 0.5) is 0 Å². The van der Waals surface area contributed by atoms with Crippen molar-refractivity contribution >= 4 is 21.9 Å². The predicted molar refractivity (Wildman–Crippen MR) is 56.4 cm³/mol. The predicted octanol–water partition coefficient (Wildman–Crippen LogP) is 2.08. The number of rotatable bonds is 3. The first-order valence-corrected chi connectivity index (χ1v) is 5.17. The molecule has 1 heterocycles. The summed E-state index contributed by atoms with van der Waals surface area (Å²) in [5, 5.41) is 8.83. The fraction of sp³-hybridized carbons (Fsp3) is 0.556. The van der Waals surface area contributed by atoms with Crippen LogP contribution in [0.5, 0.6) is 0 Å². The average Bonchev–Trinajstić information content (AvgIpc) is 2.31. The monoisotopic (exact) mass is 260 g/mol. The van der Waals surface area contributed by atoms with E-state index in [2.05, 4.69) is 34.8 Å². The number of halogens is 1. The van der Waals surface area contributed by atoms with Crippen molar-refractivity contribution in [3.63, 3.8) is 0 Å². The van der Waals surface area contributed by atoms with Crippen LogP contribution in [0.1, 0.15) is 30.2 Å². The first-order valence-electron chi connectivity index (χ1n) is 4.37. The minimum atomic E-state index is -0.997. The maximum Gasteiger partial charge on any atom is 0.372 e. The molecule has 1 N–H and O–H groups in total. The lowest BCUT2D eigenvalue weighted by Crippen LogP contribution is -2.09. The number of carboxylic acids is 1. The Balaban J connectivity index is 3.11. The van der Waals surface area contributed by atoms with Crippen LogP contribution in [0.3, 0.4) is 0 Å². The Kier molecular flexibility index (Phi) is 3.31. The molecule has 0 fully saturated rings.